The fraction of sp³-hybridized carbons (Fsp3) is 0.214. The molecule has 0 spiro atoms. The van der Waals surface area contributed by atoms with Gasteiger partial charge in [0.2, 0.25) is 0 Å². The molecule has 0 fully saturated rings. The van der Waals surface area contributed by atoms with Crippen LogP contribution in [0.5, 0.6) is 0 Å². The summed E-state index contributed by atoms with van der Waals surface area (Å²) in [6.45, 7) is 0. The van der Waals surface area contributed by atoms with E-state index in [1.807, 2.05) is 42.5 Å². The van der Waals surface area contributed by atoms with Crippen LogP contribution in [0, 0.1) is 18.3 Å². The van der Waals surface area contributed by atoms with E-state index in [9.17, 15) is 4.79 Å². The van der Waals surface area contributed by atoms with Crippen LogP contribution < -0.4 is 0 Å². The number of hydrogen-bond donors (Lipinski definition) is 1. The summed E-state index contributed by atoms with van der Waals surface area (Å²) in [6.07, 6.45) is 9.61. The first-order valence-electron chi connectivity index (χ1n) is 5.12. The van der Waals surface area contributed by atoms with Gasteiger partial charge < -0.3 is 5.11 Å². The molecule has 0 saturated carbocycles. The number of hydrogen-bond acceptors (Lipinski definition) is 1. The first-order chi connectivity index (χ1) is 7.74. The molecule has 16 heavy (non-hydrogen) atoms. The Balaban J connectivity index is 2.53. The number of allylic oxidation sites excluding steroid dienone is 1. The van der Waals surface area contributed by atoms with Gasteiger partial charge in [-0.15, -0.1) is 12.3 Å². The van der Waals surface area contributed by atoms with Gasteiger partial charge in [0.1, 0.15) is 0 Å². The molecule has 2 heteroatoms. The molecule has 0 heterocycles. The van der Waals surface area contributed by atoms with Crippen molar-refractivity contribution < 1.29 is 9.90 Å². The minimum Gasteiger partial charge on any atom is -0.481 e. The third-order valence-corrected chi connectivity index (χ3v) is 2.24. The van der Waals surface area contributed by atoms with Gasteiger partial charge in [0.15, 0.2) is 0 Å². The van der Waals surface area contributed by atoms with E-state index in [-0.39, 0.29) is 6.42 Å². The maximum absolute atomic E-state index is 10.8. The maximum atomic E-state index is 10.8. The SMILES string of the molecule is C#CC[C@@H](C/C=C/c1ccccc1)C(=O)O. The molecule has 1 aromatic rings. The van der Waals surface area contributed by atoms with Crippen molar-refractivity contribution in [3.63, 3.8) is 0 Å². The zero-order chi connectivity index (χ0) is 11.8. The Morgan fingerprint density at radius 2 is 2.12 bits per heavy atom. The molecule has 1 atom stereocenters. The first kappa shape index (κ1) is 12.1. The molecule has 0 aliphatic heterocycles. The third-order valence-electron chi connectivity index (χ3n) is 2.24. The average molecular weight is 214 g/mol. The number of aliphatic carboxylic acids is 1. The molecule has 0 amide bonds. The second kappa shape index (κ2) is 6.47. The Kier molecular flexibility index (Phi) is 4.88. The lowest BCUT2D eigenvalue weighted by molar-refractivity contribution is -0.141. The van der Waals surface area contributed by atoms with Crippen molar-refractivity contribution in [1.29, 1.82) is 0 Å². The zero-order valence-corrected chi connectivity index (χ0v) is 8.97. The van der Waals surface area contributed by atoms with Gasteiger partial charge in [-0.05, 0) is 12.0 Å². The van der Waals surface area contributed by atoms with Crippen molar-refractivity contribution >= 4 is 12.0 Å². The second-order valence-electron chi connectivity index (χ2n) is 3.49. The molecule has 0 radical (unpaired) electrons. The molecule has 0 aliphatic carbocycles. The van der Waals surface area contributed by atoms with Crippen LogP contribution in [0.25, 0.3) is 6.08 Å². The fourth-order valence-corrected chi connectivity index (χ4v) is 1.35. The van der Waals surface area contributed by atoms with Gasteiger partial charge in [-0.25, -0.2) is 0 Å². The van der Waals surface area contributed by atoms with E-state index in [0.717, 1.165) is 5.56 Å². The van der Waals surface area contributed by atoms with Crippen LogP contribution in [-0.2, 0) is 4.79 Å². The molecule has 1 N–H and O–H groups in total. The largest absolute Gasteiger partial charge is 0.481 e. The summed E-state index contributed by atoms with van der Waals surface area (Å²) in [5.41, 5.74) is 1.06. The van der Waals surface area contributed by atoms with Crippen LogP contribution in [0.15, 0.2) is 36.4 Å². The Hall–Kier alpha value is -2.01. The lowest BCUT2D eigenvalue weighted by Gasteiger charge is -2.04. The van der Waals surface area contributed by atoms with Crippen molar-refractivity contribution in [3.05, 3.63) is 42.0 Å². The number of carboxylic acids is 1. The molecule has 0 aromatic heterocycles. The predicted molar refractivity (Wildman–Crippen MR) is 64.7 cm³/mol. The molecule has 0 aliphatic rings. The highest BCUT2D eigenvalue weighted by molar-refractivity contribution is 5.70. The van der Waals surface area contributed by atoms with Gasteiger partial charge in [-0.2, -0.15) is 0 Å². The Labute approximate surface area is 95.6 Å². The van der Waals surface area contributed by atoms with Gasteiger partial charge in [0.05, 0.1) is 5.92 Å². The van der Waals surface area contributed by atoms with Crippen molar-refractivity contribution in [3.8, 4) is 12.3 Å². The summed E-state index contributed by atoms with van der Waals surface area (Å²) in [5.74, 6) is 1.06. The van der Waals surface area contributed by atoms with Crippen LogP contribution in [0.4, 0.5) is 0 Å². The molecule has 0 saturated heterocycles. The monoisotopic (exact) mass is 214 g/mol. The summed E-state index contributed by atoms with van der Waals surface area (Å²) in [4.78, 5) is 10.8. The Morgan fingerprint density at radius 3 is 2.69 bits per heavy atom. The number of benzene rings is 1. The molecule has 82 valence electrons. The molecule has 0 bridgehead atoms. The molecular formula is C14H14O2. The summed E-state index contributed by atoms with van der Waals surface area (Å²) in [7, 11) is 0. The summed E-state index contributed by atoms with van der Waals surface area (Å²) in [5, 5.41) is 8.87. The van der Waals surface area contributed by atoms with E-state index in [4.69, 9.17) is 11.5 Å². The molecule has 1 aromatic carbocycles. The van der Waals surface area contributed by atoms with Crippen LogP contribution in [0.3, 0.4) is 0 Å². The molecular weight excluding hydrogens is 200 g/mol. The topological polar surface area (TPSA) is 37.3 Å². The van der Waals surface area contributed by atoms with Gasteiger partial charge in [-0.1, -0.05) is 42.5 Å². The van der Waals surface area contributed by atoms with Crippen molar-refractivity contribution in [1.82, 2.24) is 0 Å². The minimum absolute atomic E-state index is 0.272. The maximum Gasteiger partial charge on any atom is 0.307 e. The number of carbonyl (C=O) groups is 1. The predicted octanol–water partition coefficient (Wildman–Crippen LogP) is 2.81. The van der Waals surface area contributed by atoms with Crippen LogP contribution in [-0.4, -0.2) is 11.1 Å². The number of carboxylic acid groups (broad SMARTS) is 1. The molecule has 1 rings (SSSR count). The van der Waals surface area contributed by atoms with E-state index in [2.05, 4.69) is 5.92 Å². The normalized spacial score (nSPS) is 12.2. The van der Waals surface area contributed by atoms with Gasteiger partial charge in [0, 0.05) is 6.42 Å². The minimum atomic E-state index is -0.837. The van der Waals surface area contributed by atoms with Gasteiger partial charge >= 0.3 is 5.97 Å². The van der Waals surface area contributed by atoms with E-state index in [1.54, 1.807) is 0 Å². The van der Waals surface area contributed by atoms with E-state index < -0.39 is 11.9 Å². The number of rotatable bonds is 5. The number of terminal acetylenes is 1. The van der Waals surface area contributed by atoms with E-state index in [1.165, 1.54) is 0 Å². The molecule has 0 unspecified atom stereocenters. The highest BCUT2D eigenvalue weighted by Crippen LogP contribution is 2.11. The van der Waals surface area contributed by atoms with Crippen molar-refractivity contribution in [2.24, 2.45) is 5.92 Å². The zero-order valence-electron chi connectivity index (χ0n) is 8.97. The molecule has 2 nitrogen and oxygen atoms in total. The smallest absolute Gasteiger partial charge is 0.307 e. The quantitative estimate of drug-likeness (QED) is 0.765. The average Bonchev–Trinajstić information content (AvgIpc) is 2.29. The highest BCUT2D eigenvalue weighted by atomic mass is 16.4. The first-order valence-corrected chi connectivity index (χ1v) is 5.12. The summed E-state index contributed by atoms with van der Waals surface area (Å²) in [6, 6.07) is 9.75. The van der Waals surface area contributed by atoms with Crippen LogP contribution in [0.1, 0.15) is 18.4 Å². The van der Waals surface area contributed by atoms with Crippen LogP contribution >= 0.6 is 0 Å². The third kappa shape index (κ3) is 4.02. The van der Waals surface area contributed by atoms with Crippen LogP contribution in [0.2, 0.25) is 0 Å². The van der Waals surface area contributed by atoms with Crippen molar-refractivity contribution in [2.45, 2.75) is 12.8 Å². The Bertz CT molecular complexity index is 398. The fourth-order valence-electron chi connectivity index (χ4n) is 1.35. The lowest BCUT2D eigenvalue weighted by Crippen LogP contribution is -2.11. The lowest BCUT2D eigenvalue weighted by atomic mass is 10.0. The van der Waals surface area contributed by atoms with Crippen molar-refractivity contribution in [2.75, 3.05) is 0 Å². The van der Waals surface area contributed by atoms with Gasteiger partial charge in [0.25, 0.3) is 0 Å². The standard InChI is InChI=1S/C14H14O2/c1-2-7-13(14(15)16)11-6-10-12-8-4-3-5-9-12/h1,3-6,8-10,13H,7,11H2,(H,15,16)/b10-6+/t13-/m0/s1. The highest BCUT2D eigenvalue weighted by Gasteiger charge is 2.13. The summed E-state index contributed by atoms with van der Waals surface area (Å²) < 4.78 is 0. The second-order valence-corrected chi connectivity index (χ2v) is 3.49. The van der Waals surface area contributed by atoms with E-state index >= 15 is 0 Å². The summed E-state index contributed by atoms with van der Waals surface area (Å²) >= 11 is 0. The van der Waals surface area contributed by atoms with Gasteiger partial charge in [-0.3, -0.25) is 4.79 Å². The van der Waals surface area contributed by atoms with E-state index in [0.29, 0.717) is 6.42 Å². The Morgan fingerprint density at radius 1 is 1.44 bits per heavy atom.